The Kier molecular flexibility index (Phi) is 6.20. The fourth-order valence-corrected chi connectivity index (χ4v) is 2.00. The molecule has 4 nitrogen and oxygen atoms in total. The zero-order valence-corrected chi connectivity index (χ0v) is 12.4. The van der Waals surface area contributed by atoms with E-state index in [2.05, 4.69) is 4.98 Å². The molecule has 0 saturated carbocycles. The zero-order chi connectivity index (χ0) is 14.5. The first kappa shape index (κ1) is 16.4. The van der Waals surface area contributed by atoms with Gasteiger partial charge in [0, 0.05) is 11.8 Å². The second-order valence-corrected chi connectivity index (χ2v) is 5.41. The van der Waals surface area contributed by atoms with Crippen LogP contribution in [0.2, 0.25) is 5.02 Å². The van der Waals surface area contributed by atoms with Crippen LogP contribution in [0.4, 0.5) is 0 Å². The van der Waals surface area contributed by atoms with E-state index >= 15 is 0 Å². The number of nitrogens with zero attached hydrogens (tertiary/aromatic N) is 1. The first-order valence-corrected chi connectivity index (χ1v) is 6.90. The highest BCUT2D eigenvalue weighted by Crippen LogP contribution is 2.23. The minimum absolute atomic E-state index is 0.398. The van der Waals surface area contributed by atoms with E-state index in [1.165, 1.54) is 0 Å². The second kappa shape index (κ2) is 7.20. The number of aryl methyl sites for hydroxylation is 1. The number of halogens is 1. The third kappa shape index (κ3) is 5.87. The standard InChI is InChI=1S/C14H22ClNO3/c1-4-12-11(15)8-10(9-16-12)13(17)6-5-7-19-14(2,3)18/h8-9,13,17-18H,4-7H2,1-3H3. The zero-order valence-electron chi connectivity index (χ0n) is 11.7. The Labute approximate surface area is 119 Å². The summed E-state index contributed by atoms with van der Waals surface area (Å²) in [5.41, 5.74) is 1.55. The first-order valence-electron chi connectivity index (χ1n) is 6.52. The van der Waals surface area contributed by atoms with Crippen LogP contribution in [-0.2, 0) is 11.2 Å². The van der Waals surface area contributed by atoms with Crippen molar-refractivity contribution in [2.45, 2.75) is 51.9 Å². The van der Waals surface area contributed by atoms with Crippen LogP contribution in [0.15, 0.2) is 12.3 Å². The summed E-state index contributed by atoms with van der Waals surface area (Å²) in [6.07, 6.45) is 3.01. The monoisotopic (exact) mass is 287 g/mol. The Bertz CT molecular complexity index is 404. The average Bonchev–Trinajstić information content (AvgIpc) is 2.33. The van der Waals surface area contributed by atoms with Crippen LogP contribution >= 0.6 is 11.6 Å². The van der Waals surface area contributed by atoms with Crippen LogP contribution in [-0.4, -0.2) is 27.6 Å². The summed E-state index contributed by atoms with van der Waals surface area (Å²) < 4.78 is 5.18. The molecule has 0 amide bonds. The highest BCUT2D eigenvalue weighted by molar-refractivity contribution is 6.31. The maximum Gasteiger partial charge on any atom is 0.159 e. The Morgan fingerprint density at radius 3 is 2.68 bits per heavy atom. The molecular weight excluding hydrogens is 266 g/mol. The smallest absolute Gasteiger partial charge is 0.159 e. The molecule has 0 aliphatic carbocycles. The minimum Gasteiger partial charge on any atom is -0.388 e. The third-order valence-corrected chi connectivity index (χ3v) is 3.06. The molecule has 0 saturated heterocycles. The number of ether oxygens (including phenoxy) is 1. The molecule has 1 aromatic heterocycles. The highest BCUT2D eigenvalue weighted by atomic mass is 35.5. The first-order chi connectivity index (χ1) is 8.83. The number of hydrogen-bond acceptors (Lipinski definition) is 4. The van der Waals surface area contributed by atoms with E-state index < -0.39 is 11.9 Å². The van der Waals surface area contributed by atoms with Crippen LogP contribution in [0.1, 0.15) is 51.0 Å². The molecule has 108 valence electrons. The summed E-state index contributed by atoms with van der Waals surface area (Å²) in [4.78, 5) is 4.22. The van der Waals surface area contributed by atoms with Gasteiger partial charge in [-0.15, -0.1) is 0 Å². The van der Waals surface area contributed by atoms with Crippen LogP contribution in [0.25, 0.3) is 0 Å². The lowest BCUT2D eigenvalue weighted by Crippen LogP contribution is -2.23. The molecule has 0 spiro atoms. The van der Waals surface area contributed by atoms with E-state index in [4.69, 9.17) is 16.3 Å². The van der Waals surface area contributed by atoms with Crippen molar-refractivity contribution in [2.75, 3.05) is 6.61 Å². The maximum absolute atomic E-state index is 10.0. The largest absolute Gasteiger partial charge is 0.388 e. The molecule has 1 atom stereocenters. The van der Waals surface area contributed by atoms with E-state index in [0.717, 1.165) is 12.1 Å². The van der Waals surface area contributed by atoms with Gasteiger partial charge in [0.15, 0.2) is 5.79 Å². The number of aliphatic hydroxyl groups is 2. The Morgan fingerprint density at radius 2 is 2.16 bits per heavy atom. The van der Waals surface area contributed by atoms with Crippen LogP contribution < -0.4 is 0 Å². The molecule has 1 unspecified atom stereocenters. The van der Waals surface area contributed by atoms with Gasteiger partial charge in [0.05, 0.1) is 23.4 Å². The van der Waals surface area contributed by atoms with Gasteiger partial charge in [-0.1, -0.05) is 18.5 Å². The summed E-state index contributed by atoms with van der Waals surface area (Å²) in [5, 5.41) is 20.0. The molecule has 0 radical (unpaired) electrons. The predicted octanol–water partition coefficient (Wildman–Crippen LogP) is 2.86. The summed E-state index contributed by atoms with van der Waals surface area (Å²) in [7, 11) is 0. The van der Waals surface area contributed by atoms with E-state index in [0.29, 0.717) is 30.0 Å². The topological polar surface area (TPSA) is 62.6 Å². The van der Waals surface area contributed by atoms with Gasteiger partial charge in [-0.2, -0.15) is 0 Å². The number of aliphatic hydroxyl groups excluding tert-OH is 1. The average molecular weight is 288 g/mol. The molecule has 2 N–H and O–H groups in total. The van der Waals surface area contributed by atoms with E-state index in [-0.39, 0.29) is 0 Å². The Hall–Kier alpha value is -0.680. The van der Waals surface area contributed by atoms with Gasteiger partial charge in [0.25, 0.3) is 0 Å². The van der Waals surface area contributed by atoms with E-state index in [1.54, 1.807) is 26.1 Å². The molecular formula is C14H22ClNO3. The lowest BCUT2D eigenvalue weighted by atomic mass is 10.1. The van der Waals surface area contributed by atoms with Crippen molar-refractivity contribution in [3.63, 3.8) is 0 Å². The molecule has 0 aromatic carbocycles. The summed E-state index contributed by atoms with van der Waals surface area (Å²) in [5.74, 6) is -1.13. The van der Waals surface area contributed by atoms with Crippen molar-refractivity contribution in [3.05, 3.63) is 28.5 Å². The van der Waals surface area contributed by atoms with Gasteiger partial charge in [-0.3, -0.25) is 4.98 Å². The summed E-state index contributed by atoms with van der Waals surface area (Å²) >= 11 is 6.06. The highest BCUT2D eigenvalue weighted by Gasteiger charge is 2.14. The number of rotatable bonds is 7. The molecule has 1 heterocycles. The SMILES string of the molecule is CCc1ncc(C(O)CCCOC(C)(C)O)cc1Cl. The number of aromatic nitrogens is 1. The Balaban J connectivity index is 2.45. The predicted molar refractivity (Wildman–Crippen MR) is 75.1 cm³/mol. The van der Waals surface area contributed by atoms with Gasteiger partial charge in [0.2, 0.25) is 0 Å². The fraction of sp³-hybridized carbons (Fsp3) is 0.643. The minimum atomic E-state index is -1.13. The van der Waals surface area contributed by atoms with Crippen molar-refractivity contribution >= 4 is 11.6 Å². The third-order valence-electron chi connectivity index (χ3n) is 2.74. The molecule has 1 aromatic rings. The molecule has 0 bridgehead atoms. The second-order valence-electron chi connectivity index (χ2n) is 5.00. The van der Waals surface area contributed by atoms with E-state index in [1.807, 2.05) is 6.92 Å². The lowest BCUT2D eigenvalue weighted by Gasteiger charge is -2.18. The van der Waals surface area contributed by atoms with Crippen molar-refractivity contribution < 1.29 is 14.9 Å². The fourth-order valence-electron chi connectivity index (χ4n) is 1.69. The maximum atomic E-state index is 10.0. The van der Waals surface area contributed by atoms with Gasteiger partial charge < -0.3 is 14.9 Å². The van der Waals surface area contributed by atoms with Crippen molar-refractivity contribution in [2.24, 2.45) is 0 Å². The number of hydrogen-bond donors (Lipinski definition) is 2. The molecule has 1 rings (SSSR count). The van der Waals surface area contributed by atoms with Crippen molar-refractivity contribution in [3.8, 4) is 0 Å². The summed E-state index contributed by atoms with van der Waals surface area (Å²) in [6.45, 7) is 5.54. The number of pyridine rings is 1. The van der Waals surface area contributed by atoms with Crippen molar-refractivity contribution in [1.82, 2.24) is 4.98 Å². The van der Waals surface area contributed by atoms with Crippen molar-refractivity contribution in [1.29, 1.82) is 0 Å². The van der Waals surface area contributed by atoms with E-state index in [9.17, 15) is 10.2 Å². The van der Waals surface area contributed by atoms with Crippen LogP contribution in [0.5, 0.6) is 0 Å². The van der Waals surface area contributed by atoms with Gasteiger partial charge in [-0.25, -0.2) is 0 Å². The van der Waals surface area contributed by atoms with Gasteiger partial charge in [0.1, 0.15) is 0 Å². The van der Waals surface area contributed by atoms with Crippen LogP contribution in [0, 0.1) is 0 Å². The van der Waals surface area contributed by atoms with Gasteiger partial charge in [-0.05, 0) is 39.2 Å². The quantitative estimate of drug-likeness (QED) is 0.598. The summed E-state index contributed by atoms with van der Waals surface area (Å²) in [6, 6.07) is 1.76. The molecule has 19 heavy (non-hydrogen) atoms. The van der Waals surface area contributed by atoms with Gasteiger partial charge >= 0.3 is 0 Å². The molecule has 0 fully saturated rings. The molecule has 0 aliphatic rings. The van der Waals surface area contributed by atoms with Crippen LogP contribution in [0.3, 0.4) is 0 Å². The lowest BCUT2D eigenvalue weighted by molar-refractivity contribution is -0.177. The normalized spacial score (nSPS) is 13.6. The molecule has 5 heteroatoms. The Morgan fingerprint density at radius 1 is 1.47 bits per heavy atom. The molecule has 0 aliphatic heterocycles.